The summed E-state index contributed by atoms with van der Waals surface area (Å²) in [5.74, 6) is -0.887. The fourth-order valence-electron chi connectivity index (χ4n) is 8.71. The van der Waals surface area contributed by atoms with Gasteiger partial charge in [-0.15, -0.1) is 0 Å². The number of alkyl carbamates (subject to hydrolysis) is 1. The van der Waals surface area contributed by atoms with E-state index in [1.807, 2.05) is 37.4 Å². The Hall–Kier alpha value is -5.19. The van der Waals surface area contributed by atoms with Gasteiger partial charge in [0, 0.05) is 36.1 Å². The van der Waals surface area contributed by atoms with E-state index in [2.05, 4.69) is 36.1 Å². The lowest BCUT2D eigenvalue weighted by molar-refractivity contribution is -0.142. The van der Waals surface area contributed by atoms with E-state index in [1.54, 1.807) is 57.7 Å². The van der Waals surface area contributed by atoms with Crippen molar-refractivity contribution in [3.63, 3.8) is 0 Å². The van der Waals surface area contributed by atoms with Crippen LogP contribution >= 0.6 is 0 Å². The fourth-order valence-corrected chi connectivity index (χ4v) is 10.0. The third-order valence-electron chi connectivity index (χ3n) is 13.0. The lowest BCUT2D eigenvalue weighted by Gasteiger charge is -2.34. The normalized spacial score (nSPS) is 27.9. The molecule has 4 aliphatic rings. The van der Waals surface area contributed by atoms with Crippen LogP contribution in [0.3, 0.4) is 0 Å². The molecule has 0 bridgehead atoms. The minimum absolute atomic E-state index is 0.0209. The molecule has 0 spiro atoms. The number of carbonyl (C=O) groups excluding carboxylic acids is 4. The second-order valence-electron chi connectivity index (χ2n) is 19.5. The Morgan fingerprint density at radius 1 is 1.10 bits per heavy atom. The van der Waals surface area contributed by atoms with Crippen molar-refractivity contribution in [1.82, 2.24) is 35.0 Å². The van der Waals surface area contributed by atoms with Gasteiger partial charge in [0.25, 0.3) is 5.91 Å². The number of fused-ring (bicyclic) bond motifs is 3. The number of pyridine rings is 1. The molecule has 1 saturated heterocycles. The maximum absolute atomic E-state index is 15.2. The smallest absolute Gasteiger partial charge is 0.408 e. The number of benzene rings is 1. The van der Waals surface area contributed by atoms with Gasteiger partial charge in [-0.3, -0.25) is 19.1 Å². The molecule has 3 fully saturated rings. The third kappa shape index (κ3) is 9.82. The molecule has 2 saturated carbocycles. The molecule has 1 aromatic carbocycles. The average Bonchev–Trinajstić information content (AvgIpc) is 3.99. The Morgan fingerprint density at radius 2 is 1.84 bits per heavy atom. The number of carbonyl (C=O) groups is 4. The molecule has 17 heteroatoms. The summed E-state index contributed by atoms with van der Waals surface area (Å²) in [5.41, 5.74) is -0.948. The molecule has 7 rings (SSSR count). The number of nitrogens with zero attached hydrogens (tertiary/aromatic N) is 4. The predicted molar refractivity (Wildman–Crippen MR) is 237 cm³/mol. The third-order valence-corrected chi connectivity index (χ3v) is 15.1. The van der Waals surface area contributed by atoms with Gasteiger partial charge in [0.15, 0.2) is 5.82 Å². The van der Waals surface area contributed by atoms with E-state index in [4.69, 9.17) is 24.3 Å². The monoisotopic (exact) mass is 889 g/mol. The Labute approximate surface area is 370 Å². The van der Waals surface area contributed by atoms with E-state index in [0.717, 1.165) is 12.1 Å². The zero-order valence-corrected chi connectivity index (χ0v) is 38.7. The van der Waals surface area contributed by atoms with Crippen LogP contribution in [0, 0.1) is 17.8 Å². The van der Waals surface area contributed by atoms with E-state index >= 15 is 4.79 Å². The maximum Gasteiger partial charge on any atom is 0.408 e. The zero-order chi connectivity index (χ0) is 45.6. The van der Waals surface area contributed by atoms with Crippen molar-refractivity contribution in [2.45, 2.75) is 147 Å². The summed E-state index contributed by atoms with van der Waals surface area (Å²) >= 11 is 0. The minimum Gasteiger partial charge on any atom is -0.497 e. The molecule has 3 aromatic rings. The summed E-state index contributed by atoms with van der Waals surface area (Å²) in [6, 6.07) is 6.90. The van der Waals surface area contributed by atoms with Crippen LogP contribution in [-0.4, -0.2) is 99.6 Å². The van der Waals surface area contributed by atoms with E-state index < -0.39 is 73.8 Å². The average molecular weight is 890 g/mol. The highest BCUT2D eigenvalue weighted by Crippen LogP contribution is 2.48. The topological polar surface area (TPSA) is 200 Å². The first-order valence-corrected chi connectivity index (χ1v) is 23.7. The first-order chi connectivity index (χ1) is 29.7. The van der Waals surface area contributed by atoms with Crippen molar-refractivity contribution in [3.05, 3.63) is 54.4 Å². The van der Waals surface area contributed by atoms with Crippen LogP contribution in [0.4, 0.5) is 4.79 Å². The molecule has 4 amide bonds. The Balaban J connectivity index is 1.27. The van der Waals surface area contributed by atoms with Gasteiger partial charge in [-0.05, 0) is 102 Å². The number of ether oxygens (including phenoxy) is 3. The molecular weight excluding hydrogens is 827 g/mol. The van der Waals surface area contributed by atoms with Gasteiger partial charge in [-0.25, -0.2) is 22.9 Å². The molecule has 63 heavy (non-hydrogen) atoms. The van der Waals surface area contributed by atoms with Crippen LogP contribution in [0.1, 0.15) is 118 Å². The number of hydrogen-bond acceptors (Lipinski definition) is 11. The van der Waals surface area contributed by atoms with Crippen LogP contribution in [0.25, 0.3) is 16.7 Å². The quantitative estimate of drug-likeness (QED) is 0.200. The molecule has 2 aromatic heterocycles. The lowest BCUT2D eigenvalue weighted by Crippen LogP contribution is -2.59. The summed E-state index contributed by atoms with van der Waals surface area (Å²) < 4.78 is 47.6. The molecule has 0 radical (unpaired) electrons. The van der Waals surface area contributed by atoms with Crippen molar-refractivity contribution in [2.24, 2.45) is 17.8 Å². The lowest BCUT2D eigenvalue weighted by atomic mass is 9.85. The van der Waals surface area contributed by atoms with E-state index in [-0.39, 0.29) is 37.1 Å². The van der Waals surface area contributed by atoms with Crippen LogP contribution in [0.5, 0.6) is 11.5 Å². The largest absolute Gasteiger partial charge is 0.497 e. The summed E-state index contributed by atoms with van der Waals surface area (Å²) in [6.45, 7) is 15.0. The first kappa shape index (κ1) is 45.8. The summed E-state index contributed by atoms with van der Waals surface area (Å²) in [4.78, 5) is 63.9. The second-order valence-corrected chi connectivity index (χ2v) is 21.7. The number of nitrogens with one attached hydrogen (secondary N) is 3. The van der Waals surface area contributed by atoms with Crippen molar-refractivity contribution >= 4 is 44.7 Å². The molecule has 7 atom stereocenters. The number of rotatable bonds is 10. The highest BCUT2D eigenvalue weighted by molar-refractivity contribution is 7.91. The van der Waals surface area contributed by atoms with Gasteiger partial charge < -0.3 is 29.7 Å². The summed E-state index contributed by atoms with van der Waals surface area (Å²) in [7, 11) is -2.46. The second kappa shape index (κ2) is 17.4. The Bertz CT molecular complexity index is 2390. The first-order valence-electron chi connectivity index (χ1n) is 22.2. The standard InChI is InChI=1S/C46H63N7O9S/c1-10-29-21-28(4)13-11-12-14-30-25-46(30,42(56)51-63(58,59)45(8)18-19-45)49-40(54)36-23-32(26-52(36)41(55)39(29)48-43(57)62-44(5,6)7)61-37-24-38(53-20-17-34(50-53)27(2)3)47-35-22-31(60-9)15-16-33(35)37/h12,14-17,20,22,24,27-30,32,36,39H,10-11,13,18-19,21,23,25-26H2,1-9H3,(H,48,57)(H,49,54)(H,51,56)/b14-12-/t28-,29-,30?,32-,36+,39+,46-/m1/s1. The zero-order valence-electron chi connectivity index (χ0n) is 37.9. The molecule has 3 N–H and O–H groups in total. The Kier molecular flexibility index (Phi) is 12.7. The van der Waals surface area contributed by atoms with Crippen LogP contribution in [-0.2, 0) is 29.1 Å². The number of aromatic nitrogens is 3. The van der Waals surface area contributed by atoms with Gasteiger partial charge >= 0.3 is 6.09 Å². The van der Waals surface area contributed by atoms with Gasteiger partial charge in [-0.1, -0.05) is 46.3 Å². The molecule has 4 heterocycles. The van der Waals surface area contributed by atoms with Crippen molar-refractivity contribution in [3.8, 4) is 17.3 Å². The van der Waals surface area contributed by atoms with Gasteiger partial charge in [-0.2, -0.15) is 5.10 Å². The molecule has 342 valence electrons. The SMILES string of the molecule is CC[C@@H]1C[C@H](C)CC/C=C\C2C[C@@]2(C(=O)NS(=O)(=O)C2(C)CC2)NC(=O)[C@@H]2C[C@@H](Oc3cc(-n4ccc(C(C)C)n4)nc4cc(OC)ccc34)CN2C(=O)[C@H]1NC(=O)OC(C)(C)C. The molecular formula is C46H63N7O9S. The van der Waals surface area contributed by atoms with E-state index in [1.165, 1.54) is 4.90 Å². The fraction of sp³-hybridized carbons (Fsp3) is 0.609. The molecule has 1 unspecified atom stereocenters. The Morgan fingerprint density at radius 3 is 2.49 bits per heavy atom. The van der Waals surface area contributed by atoms with Gasteiger partial charge in [0.05, 0.1) is 29.6 Å². The van der Waals surface area contributed by atoms with Crippen LogP contribution in [0.15, 0.2) is 48.7 Å². The number of hydrogen-bond donors (Lipinski definition) is 3. The molecule has 2 aliphatic heterocycles. The van der Waals surface area contributed by atoms with Gasteiger partial charge in [0.1, 0.15) is 40.8 Å². The van der Waals surface area contributed by atoms with E-state index in [0.29, 0.717) is 60.3 Å². The van der Waals surface area contributed by atoms with Gasteiger partial charge in [0.2, 0.25) is 21.8 Å². The van der Waals surface area contributed by atoms with Crippen molar-refractivity contribution < 1.29 is 41.8 Å². The minimum atomic E-state index is -4.03. The number of sulfonamides is 1. The maximum atomic E-state index is 15.2. The number of methoxy groups -OCH3 is 1. The highest BCUT2D eigenvalue weighted by Gasteiger charge is 2.63. The number of amides is 4. The summed E-state index contributed by atoms with van der Waals surface area (Å²) in [6.07, 6.45) is 7.83. The highest BCUT2D eigenvalue weighted by atomic mass is 32.2. The van der Waals surface area contributed by atoms with Crippen molar-refractivity contribution in [1.29, 1.82) is 0 Å². The summed E-state index contributed by atoms with van der Waals surface area (Å²) in [5, 5.41) is 11.2. The molecule has 2 aliphatic carbocycles. The van der Waals surface area contributed by atoms with Crippen LogP contribution in [0.2, 0.25) is 0 Å². The predicted octanol–water partition coefficient (Wildman–Crippen LogP) is 6.07. The molecule has 16 nitrogen and oxygen atoms in total. The van der Waals surface area contributed by atoms with Crippen LogP contribution < -0.4 is 24.8 Å². The number of allylic oxidation sites excluding steroid dienone is 1. The van der Waals surface area contributed by atoms with Crippen molar-refractivity contribution in [2.75, 3.05) is 13.7 Å². The van der Waals surface area contributed by atoms with E-state index in [9.17, 15) is 22.8 Å².